The molecule has 3 heteroatoms. The molecule has 18 heavy (non-hydrogen) atoms. The first-order valence-corrected chi connectivity index (χ1v) is 6.85. The van der Waals surface area contributed by atoms with Gasteiger partial charge in [0, 0.05) is 6.54 Å². The summed E-state index contributed by atoms with van der Waals surface area (Å²) < 4.78 is 0. The Morgan fingerprint density at radius 3 is 2.72 bits per heavy atom. The highest BCUT2D eigenvalue weighted by Gasteiger charge is 2.08. The lowest BCUT2D eigenvalue weighted by molar-refractivity contribution is 0.228. The number of hydrogen-bond acceptors (Lipinski definition) is 3. The molecule has 0 atom stereocenters. The highest BCUT2D eigenvalue weighted by molar-refractivity contribution is 5.56. The molecule has 0 aliphatic carbocycles. The number of piperidine rings is 1. The first-order valence-electron chi connectivity index (χ1n) is 6.85. The van der Waals surface area contributed by atoms with Crippen LogP contribution in [0.3, 0.4) is 0 Å². The molecule has 1 aromatic rings. The largest absolute Gasteiger partial charge is 0.384 e. The van der Waals surface area contributed by atoms with Gasteiger partial charge in [0.1, 0.15) is 6.07 Å². The van der Waals surface area contributed by atoms with Crippen LogP contribution < -0.4 is 5.32 Å². The second-order valence-electron chi connectivity index (χ2n) is 4.84. The van der Waals surface area contributed by atoms with E-state index < -0.39 is 0 Å². The minimum Gasteiger partial charge on any atom is -0.384 e. The summed E-state index contributed by atoms with van der Waals surface area (Å²) in [7, 11) is 0. The van der Waals surface area contributed by atoms with Crippen LogP contribution in [0.2, 0.25) is 0 Å². The quantitative estimate of drug-likeness (QED) is 0.808. The van der Waals surface area contributed by atoms with E-state index in [4.69, 9.17) is 5.26 Å². The molecule has 1 aliphatic heterocycles. The number of likely N-dealkylation sites (tertiary alicyclic amines) is 1. The average Bonchev–Trinajstić information content (AvgIpc) is 2.45. The van der Waals surface area contributed by atoms with Crippen molar-refractivity contribution in [1.29, 1.82) is 5.26 Å². The maximum absolute atomic E-state index is 8.98. The lowest BCUT2D eigenvalue weighted by atomic mass is 10.1. The second-order valence-corrected chi connectivity index (χ2v) is 4.84. The number of anilines is 1. The van der Waals surface area contributed by atoms with Crippen LogP contribution in [0.4, 0.5) is 5.69 Å². The van der Waals surface area contributed by atoms with E-state index in [0.29, 0.717) is 0 Å². The molecule has 1 fully saturated rings. The van der Waals surface area contributed by atoms with Gasteiger partial charge in [-0.15, -0.1) is 0 Å². The van der Waals surface area contributed by atoms with E-state index >= 15 is 0 Å². The molecule has 1 saturated heterocycles. The highest BCUT2D eigenvalue weighted by atomic mass is 15.1. The minimum atomic E-state index is 0.732. The van der Waals surface area contributed by atoms with E-state index in [-0.39, 0.29) is 0 Å². The molecule has 0 aromatic heterocycles. The first kappa shape index (κ1) is 12.9. The lowest BCUT2D eigenvalue weighted by Gasteiger charge is -2.26. The normalized spacial score (nSPS) is 16.2. The van der Waals surface area contributed by atoms with Crippen molar-refractivity contribution < 1.29 is 0 Å². The molecule has 3 nitrogen and oxygen atoms in total. The van der Waals surface area contributed by atoms with Crippen molar-refractivity contribution in [2.24, 2.45) is 0 Å². The fourth-order valence-electron chi connectivity index (χ4n) is 2.44. The zero-order chi connectivity index (χ0) is 12.6. The van der Waals surface area contributed by atoms with Gasteiger partial charge >= 0.3 is 0 Å². The summed E-state index contributed by atoms with van der Waals surface area (Å²) in [6, 6.07) is 9.91. The summed E-state index contributed by atoms with van der Waals surface area (Å²) >= 11 is 0. The number of para-hydroxylation sites is 1. The minimum absolute atomic E-state index is 0.732. The van der Waals surface area contributed by atoms with E-state index in [0.717, 1.165) is 24.2 Å². The summed E-state index contributed by atoms with van der Waals surface area (Å²) in [4.78, 5) is 2.54. The Bertz CT molecular complexity index is 402. The number of rotatable bonds is 5. The lowest BCUT2D eigenvalue weighted by Crippen LogP contribution is -2.31. The molecule has 0 saturated carbocycles. The number of nitrogens with one attached hydrogen (secondary N) is 1. The number of nitrogens with zero attached hydrogens (tertiary/aromatic N) is 2. The van der Waals surface area contributed by atoms with E-state index in [1.165, 1.54) is 38.9 Å². The smallest absolute Gasteiger partial charge is 0.101 e. The van der Waals surface area contributed by atoms with Gasteiger partial charge in [0.25, 0.3) is 0 Å². The van der Waals surface area contributed by atoms with Crippen molar-refractivity contribution in [3.05, 3.63) is 29.8 Å². The van der Waals surface area contributed by atoms with Gasteiger partial charge in [-0.05, 0) is 51.0 Å². The average molecular weight is 243 g/mol. The summed E-state index contributed by atoms with van der Waals surface area (Å²) in [5, 5.41) is 12.3. The molecule has 0 radical (unpaired) electrons. The third-order valence-electron chi connectivity index (χ3n) is 3.46. The zero-order valence-electron chi connectivity index (χ0n) is 10.9. The van der Waals surface area contributed by atoms with E-state index in [1.54, 1.807) is 0 Å². The Morgan fingerprint density at radius 2 is 1.94 bits per heavy atom. The van der Waals surface area contributed by atoms with Gasteiger partial charge in [0.05, 0.1) is 11.3 Å². The second kappa shape index (κ2) is 7.03. The number of hydrogen-bond donors (Lipinski definition) is 1. The zero-order valence-corrected chi connectivity index (χ0v) is 10.9. The molecule has 1 heterocycles. The highest BCUT2D eigenvalue weighted by Crippen LogP contribution is 2.13. The molecule has 1 aromatic carbocycles. The maximum Gasteiger partial charge on any atom is 0.101 e. The monoisotopic (exact) mass is 243 g/mol. The standard InChI is InChI=1S/C15H21N3/c16-13-14-7-2-3-8-15(14)17-9-6-12-18-10-4-1-5-11-18/h2-3,7-8,17H,1,4-6,9-12H2. The van der Waals surface area contributed by atoms with Crippen LogP contribution in [0.25, 0.3) is 0 Å². The first-order chi connectivity index (χ1) is 8.90. The third kappa shape index (κ3) is 3.75. The van der Waals surface area contributed by atoms with E-state index in [2.05, 4.69) is 16.3 Å². The van der Waals surface area contributed by atoms with Crippen molar-refractivity contribution in [3.8, 4) is 6.07 Å². The molecule has 0 amide bonds. The van der Waals surface area contributed by atoms with Crippen LogP contribution >= 0.6 is 0 Å². The molecule has 96 valence electrons. The molecule has 0 spiro atoms. The fraction of sp³-hybridized carbons (Fsp3) is 0.533. The maximum atomic E-state index is 8.98. The molecule has 0 unspecified atom stereocenters. The van der Waals surface area contributed by atoms with Gasteiger partial charge in [0.2, 0.25) is 0 Å². The van der Waals surface area contributed by atoms with Gasteiger partial charge in [-0.1, -0.05) is 18.6 Å². The molecular formula is C15H21N3. The molecular weight excluding hydrogens is 222 g/mol. The predicted octanol–water partition coefficient (Wildman–Crippen LogP) is 2.85. The van der Waals surface area contributed by atoms with Crippen LogP contribution in [0.5, 0.6) is 0 Å². The van der Waals surface area contributed by atoms with Crippen molar-refractivity contribution in [2.75, 3.05) is 31.5 Å². The summed E-state index contributed by atoms with van der Waals surface area (Å²) in [6.45, 7) is 4.63. The molecule has 1 aliphatic rings. The fourth-order valence-corrected chi connectivity index (χ4v) is 2.44. The van der Waals surface area contributed by atoms with Gasteiger partial charge in [0.15, 0.2) is 0 Å². The van der Waals surface area contributed by atoms with Crippen molar-refractivity contribution in [1.82, 2.24) is 4.90 Å². The van der Waals surface area contributed by atoms with E-state index in [1.807, 2.05) is 24.3 Å². The number of nitriles is 1. The summed E-state index contributed by atoms with van der Waals surface area (Å²) in [6.07, 6.45) is 5.24. The van der Waals surface area contributed by atoms with Crippen molar-refractivity contribution in [2.45, 2.75) is 25.7 Å². The van der Waals surface area contributed by atoms with E-state index in [9.17, 15) is 0 Å². The number of benzene rings is 1. The van der Waals surface area contributed by atoms with Crippen LogP contribution in [0.1, 0.15) is 31.2 Å². The molecule has 2 rings (SSSR count). The third-order valence-corrected chi connectivity index (χ3v) is 3.46. The van der Waals surface area contributed by atoms with Crippen molar-refractivity contribution >= 4 is 5.69 Å². The van der Waals surface area contributed by atoms with Crippen LogP contribution in [-0.2, 0) is 0 Å². The predicted molar refractivity (Wildman–Crippen MR) is 74.6 cm³/mol. The molecule has 1 N–H and O–H groups in total. The van der Waals surface area contributed by atoms with Crippen LogP contribution in [0.15, 0.2) is 24.3 Å². The van der Waals surface area contributed by atoms with Gasteiger partial charge in [-0.2, -0.15) is 5.26 Å². The summed E-state index contributed by atoms with van der Waals surface area (Å²) in [5.41, 5.74) is 1.69. The Hall–Kier alpha value is -1.53. The Balaban J connectivity index is 1.70. The van der Waals surface area contributed by atoms with Crippen molar-refractivity contribution in [3.63, 3.8) is 0 Å². The van der Waals surface area contributed by atoms with Gasteiger partial charge in [-0.25, -0.2) is 0 Å². The topological polar surface area (TPSA) is 39.1 Å². The van der Waals surface area contributed by atoms with Gasteiger partial charge in [-0.3, -0.25) is 0 Å². The van der Waals surface area contributed by atoms with Crippen LogP contribution in [0, 0.1) is 11.3 Å². The molecule has 0 bridgehead atoms. The SMILES string of the molecule is N#Cc1ccccc1NCCCN1CCCCC1. The van der Waals surface area contributed by atoms with Crippen LogP contribution in [-0.4, -0.2) is 31.1 Å². The van der Waals surface area contributed by atoms with Gasteiger partial charge < -0.3 is 10.2 Å². The Kier molecular flexibility index (Phi) is 5.04. The Labute approximate surface area is 109 Å². The Morgan fingerprint density at radius 1 is 1.17 bits per heavy atom. The summed E-state index contributed by atoms with van der Waals surface area (Å²) in [5.74, 6) is 0.